The summed E-state index contributed by atoms with van der Waals surface area (Å²) in [6, 6.07) is 0. The van der Waals surface area contributed by atoms with Crippen LogP contribution in [0.25, 0.3) is 0 Å². The number of aliphatic carboxylic acids is 3. The summed E-state index contributed by atoms with van der Waals surface area (Å²) < 4.78 is 8.90. The Bertz CT molecular complexity index is 390. The van der Waals surface area contributed by atoms with Crippen LogP contribution in [0.15, 0.2) is 0 Å². The summed E-state index contributed by atoms with van der Waals surface area (Å²) in [5.41, 5.74) is 0. The van der Waals surface area contributed by atoms with E-state index in [1.165, 1.54) is 13.8 Å². The summed E-state index contributed by atoms with van der Waals surface area (Å²) in [5.74, 6) is -5.18. The number of carboxylic acids is 3. The highest BCUT2D eigenvalue weighted by molar-refractivity contribution is 5.82. The van der Waals surface area contributed by atoms with Crippen LogP contribution in [0.1, 0.15) is 33.6 Å². The van der Waals surface area contributed by atoms with Gasteiger partial charge in [-0.05, 0) is 13.8 Å². The molecule has 3 N–H and O–H groups in total. The zero-order valence-corrected chi connectivity index (χ0v) is 12.3. The van der Waals surface area contributed by atoms with Gasteiger partial charge in [0.15, 0.2) is 12.2 Å². The summed E-state index contributed by atoms with van der Waals surface area (Å²) in [6.45, 7) is 3.43. The molecular formula is C12H18O10. The maximum atomic E-state index is 11.1. The van der Waals surface area contributed by atoms with Crippen molar-refractivity contribution in [1.29, 1.82) is 0 Å². The first-order valence-corrected chi connectivity index (χ1v) is 6.01. The van der Waals surface area contributed by atoms with E-state index in [2.05, 4.69) is 9.47 Å². The zero-order valence-electron chi connectivity index (χ0n) is 12.3. The normalized spacial score (nSPS) is 12.0. The quantitative estimate of drug-likeness (QED) is 0.538. The van der Waals surface area contributed by atoms with Crippen LogP contribution in [0.3, 0.4) is 0 Å². The average Bonchev–Trinajstić information content (AvgIpc) is 2.35. The van der Waals surface area contributed by atoms with E-state index in [-0.39, 0.29) is 12.8 Å². The van der Waals surface area contributed by atoms with E-state index >= 15 is 0 Å². The van der Waals surface area contributed by atoms with E-state index in [1.807, 2.05) is 0 Å². The van der Waals surface area contributed by atoms with E-state index in [1.54, 1.807) is 0 Å². The van der Waals surface area contributed by atoms with Gasteiger partial charge >= 0.3 is 23.9 Å². The van der Waals surface area contributed by atoms with Crippen molar-refractivity contribution in [2.24, 2.45) is 0 Å². The van der Waals surface area contributed by atoms with Gasteiger partial charge in [0.25, 0.3) is 5.97 Å². The van der Waals surface area contributed by atoms with E-state index in [4.69, 9.17) is 20.1 Å². The zero-order chi connectivity index (χ0) is 17.9. The van der Waals surface area contributed by atoms with Gasteiger partial charge in [0, 0.05) is 6.92 Å². The van der Waals surface area contributed by atoms with Crippen LogP contribution in [0.4, 0.5) is 0 Å². The largest absolute Gasteiger partial charge is 0.481 e. The van der Waals surface area contributed by atoms with Crippen LogP contribution in [0.2, 0.25) is 0 Å². The molecule has 0 fully saturated rings. The highest BCUT2D eigenvalue weighted by atomic mass is 16.6. The summed E-state index contributed by atoms with van der Waals surface area (Å²) in [4.78, 5) is 51.9. The van der Waals surface area contributed by atoms with Gasteiger partial charge in [0.1, 0.15) is 0 Å². The Morgan fingerprint density at radius 3 is 1.18 bits per heavy atom. The highest BCUT2D eigenvalue weighted by Gasteiger charge is 2.19. The highest BCUT2D eigenvalue weighted by Crippen LogP contribution is 2.02. The standard InChI is InChI=1S/C10H14O8.C2H4O2/c1-5(9(13)14)17-7(11)3-4-8(12)18-6(2)10(15)16;1-2(3)4/h5-6H,3-4H2,1-2H3,(H,13,14)(H,15,16);1H3,(H,3,4). The molecule has 0 saturated heterocycles. The van der Waals surface area contributed by atoms with Gasteiger partial charge in [-0.2, -0.15) is 0 Å². The molecule has 22 heavy (non-hydrogen) atoms. The minimum Gasteiger partial charge on any atom is -0.481 e. The molecule has 0 aromatic carbocycles. The number of carbonyl (C=O) groups excluding carboxylic acids is 2. The number of carbonyl (C=O) groups is 5. The molecule has 0 aromatic rings. The molecule has 2 atom stereocenters. The monoisotopic (exact) mass is 322 g/mol. The molecule has 0 amide bonds. The molecule has 0 aliphatic rings. The fraction of sp³-hybridized carbons (Fsp3) is 0.583. The molecule has 0 rings (SSSR count). The summed E-state index contributed by atoms with van der Waals surface area (Å²) >= 11 is 0. The van der Waals surface area contributed by atoms with Gasteiger partial charge in [0.2, 0.25) is 0 Å². The van der Waals surface area contributed by atoms with E-state index in [0.717, 1.165) is 6.92 Å². The van der Waals surface area contributed by atoms with Crippen molar-refractivity contribution in [3.05, 3.63) is 0 Å². The van der Waals surface area contributed by atoms with Gasteiger partial charge in [-0.25, -0.2) is 9.59 Å². The van der Waals surface area contributed by atoms with Gasteiger partial charge in [-0.3, -0.25) is 14.4 Å². The van der Waals surface area contributed by atoms with Gasteiger partial charge in [-0.1, -0.05) is 0 Å². The molecule has 0 heterocycles. The number of ether oxygens (including phenoxy) is 2. The van der Waals surface area contributed by atoms with Crippen molar-refractivity contribution in [3.8, 4) is 0 Å². The molecule has 10 heteroatoms. The summed E-state index contributed by atoms with van der Waals surface area (Å²) in [7, 11) is 0. The van der Waals surface area contributed by atoms with Crippen LogP contribution < -0.4 is 0 Å². The molecule has 0 spiro atoms. The van der Waals surface area contributed by atoms with E-state index in [0.29, 0.717) is 0 Å². The first kappa shape index (κ1) is 21.6. The molecule has 126 valence electrons. The lowest BCUT2D eigenvalue weighted by atomic mass is 10.3. The third-order valence-electron chi connectivity index (χ3n) is 1.85. The third kappa shape index (κ3) is 13.8. The Hall–Kier alpha value is -2.65. The minimum absolute atomic E-state index is 0.372. The average molecular weight is 322 g/mol. The maximum absolute atomic E-state index is 11.1. The van der Waals surface area contributed by atoms with Crippen molar-refractivity contribution >= 4 is 29.8 Å². The van der Waals surface area contributed by atoms with Crippen LogP contribution in [0, 0.1) is 0 Å². The lowest BCUT2D eigenvalue weighted by Crippen LogP contribution is -2.26. The first-order valence-electron chi connectivity index (χ1n) is 6.01. The topological polar surface area (TPSA) is 164 Å². The predicted molar refractivity (Wildman–Crippen MR) is 68.9 cm³/mol. The second kappa shape index (κ2) is 11.1. The number of carboxylic acid groups (broad SMARTS) is 3. The van der Waals surface area contributed by atoms with Crippen molar-refractivity contribution < 1.29 is 48.8 Å². The van der Waals surface area contributed by atoms with Gasteiger partial charge in [0.05, 0.1) is 12.8 Å². The third-order valence-corrected chi connectivity index (χ3v) is 1.85. The summed E-state index contributed by atoms with van der Waals surface area (Å²) in [6.07, 6.45) is -3.34. The lowest BCUT2D eigenvalue weighted by Gasteiger charge is -2.10. The van der Waals surface area contributed by atoms with Gasteiger partial charge < -0.3 is 24.8 Å². The van der Waals surface area contributed by atoms with Crippen molar-refractivity contribution in [2.75, 3.05) is 0 Å². The van der Waals surface area contributed by atoms with Gasteiger partial charge in [-0.15, -0.1) is 0 Å². The molecular weight excluding hydrogens is 304 g/mol. The molecule has 0 bridgehead atoms. The second-order valence-electron chi connectivity index (χ2n) is 3.96. The Labute approximate surface area is 125 Å². The van der Waals surface area contributed by atoms with E-state index in [9.17, 15) is 19.2 Å². The van der Waals surface area contributed by atoms with Crippen LogP contribution in [-0.4, -0.2) is 57.4 Å². The van der Waals surface area contributed by atoms with Crippen LogP contribution in [-0.2, 0) is 33.4 Å². The van der Waals surface area contributed by atoms with Crippen molar-refractivity contribution in [1.82, 2.24) is 0 Å². The molecule has 0 aliphatic carbocycles. The Morgan fingerprint density at radius 1 is 0.773 bits per heavy atom. The first-order chi connectivity index (χ1) is 9.97. The lowest BCUT2D eigenvalue weighted by molar-refractivity contribution is -0.166. The molecule has 2 unspecified atom stereocenters. The number of hydrogen-bond donors (Lipinski definition) is 3. The number of hydrogen-bond acceptors (Lipinski definition) is 7. The fourth-order valence-electron chi connectivity index (χ4n) is 0.817. The number of rotatable bonds is 7. The predicted octanol–water partition coefficient (Wildman–Crippen LogP) is -0.110. The molecule has 10 nitrogen and oxygen atoms in total. The van der Waals surface area contributed by atoms with Crippen LogP contribution in [0.5, 0.6) is 0 Å². The summed E-state index contributed by atoms with van der Waals surface area (Å²) in [5, 5.41) is 24.3. The Morgan fingerprint density at radius 2 is 1.00 bits per heavy atom. The van der Waals surface area contributed by atoms with Crippen molar-refractivity contribution in [3.63, 3.8) is 0 Å². The van der Waals surface area contributed by atoms with E-state index < -0.39 is 42.1 Å². The SMILES string of the molecule is CC(=O)O.CC(OC(=O)CCC(=O)OC(C)C(=O)O)C(=O)O. The molecule has 0 saturated carbocycles. The fourth-order valence-corrected chi connectivity index (χ4v) is 0.817. The van der Waals surface area contributed by atoms with Crippen molar-refractivity contribution in [2.45, 2.75) is 45.8 Å². The minimum atomic E-state index is -1.30. The molecule has 0 radical (unpaired) electrons. The Balaban J connectivity index is 0. The number of esters is 2. The molecule has 0 aliphatic heterocycles. The smallest absolute Gasteiger partial charge is 0.344 e. The Kier molecular flexibility index (Phi) is 10.9. The van der Waals surface area contributed by atoms with Crippen LogP contribution >= 0.6 is 0 Å². The molecule has 0 aromatic heterocycles. The second-order valence-corrected chi connectivity index (χ2v) is 3.96. The maximum Gasteiger partial charge on any atom is 0.344 e.